The molecule has 0 bridgehead atoms. The number of benzene rings is 2. The van der Waals surface area contributed by atoms with Gasteiger partial charge in [-0.05, 0) is 42.7 Å². The van der Waals surface area contributed by atoms with Crippen molar-refractivity contribution in [2.45, 2.75) is 13.8 Å². The molecule has 3 rings (SSSR count). The molecule has 0 fully saturated rings. The third kappa shape index (κ3) is 2.15. The van der Waals surface area contributed by atoms with E-state index in [1.54, 1.807) is 6.08 Å². The zero-order chi connectivity index (χ0) is 15.7. The summed E-state index contributed by atoms with van der Waals surface area (Å²) in [5, 5.41) is 1.15. The van der Waals surface area contributed by atoms with Gasteiger partial charge in [0.1, 0.15) is 0 Å². The number of rotatable bonds is 3. The summed E-state index contributed by atoms with van der Waals surface area (Å²) in [5.41, 5.74) is 7.90. The minimum atomic E-state index is 0.881. The molecule has 0 aliphatic carbocycles. The van der Waals surface area contributed by atoms with Crippen LogP contribution in [0.3, 0.4) is 0 Å². The summed E-state index contributed by atoms with van der Waals surface area (Å²) in [6, 6.07) is 14.6. The third-order valence-electron chi connectivity index (χ3n) is 4.09. The molecule has 0 saturated carbocycles. The van der Waals surface area contributed by atoms with Crippen LogP contribution >= 0.6 is 0 Å². The standard InChI is InChI=1S/C21H19N/c1-5-16-18(6-2)22-19-13-8-7-12-17(19)21(16)20-14(3)10-9-11-15(20)4/h5-13H,1-2H2,3-4H3. The molecule has 0 aliphatic heterocycles. The van der Waals surface area contributed by atoms with Gasteiger partial charge >= 0.3 is 0 Å². The normalized spacial score (nSPS) is 10.6. The number of hydrogen-bond donors (Lipinski definition) is 0. The van der Waals surface area contributed by atoms with Crippen molar-refractivity contribution < 1.29 is 0 Å². The lowest BCUT2D eigenvalue weighted by molar-refractivity contribution is 1.33. The van der Waals surface area contributed by atoms with Gasteiger partial charge in [0.05, 0.1) is 11.2 Å². The lowest BCUT2D eigenvalue weighted by Gasteiger charge is -2.17. The summed E-state index contributed by atoms with van der Waals surface area (Å²) in [4.78, 5) is 4.72. The van der Waals surface area contributed by atoms with Crippen molar-refractivity contribution in [3.63, 3.8) is 0 Å². The van der Waals surface area contributed by atoms with Gasteiger partial charge in [-0.25, -0.2) is 4.98 Å². The molecule has 1 heteroatoms. The predicted octanol–water partition coefficient (Wildman–Crippen LogP) is 5.80. The molecule has 108 valence electrons. The lowest BCUT2D eigenvalue weighted by atomic mass is 9.89. The molecule has 2 aromatic carbocycles. The highest BCUT2D eigenvalue weighted by molar-refractivity contribution is 6.01. The number of hydrogen-bond acceptors (Lipinski definition) is 1. The van der Waals surface area contributed by atoms with E-state index in [0.29, 0.717) is 0 Å². The van der Waals surface area contributed by atoms with E-state index in [-0.39, 0.29) is 0 Å². The lowest BCUT2D eigenvalue weighted by Crippen LogP contribution is -1.97. The highest BCUT2D eigenvalue weighted by atomic mass is 14.7. The van der Waals surface area contributed by atoms with E-state index in [1.165, 1.54) is 22.3 Å². The second kappa shape index (κ2) is 5.61. The van der Waals surface area contributed by atoms with Crippen molar-refractivity contribution in [3.8, 4) is 11.1 Å². The Hall–Kier alpha value is -2.67. The van der Waals surface area contributed by atoms with Crippen LogP contribution in [0.4, 0.5) is 0 Å². The van der Waals surface area contributed by atoms with Crippen LogP contribution in [0.25, 0.3) is 34.2 Å². The van der Waals surface area contributed by atoms with Gasteiger partial charge in [0.25, 0.3) is 0 Å². The van der Waals surface area contributed by atoms with Crippen molar-refractivity contribution in [2.75, 3.05) is 0 Å². The Bertz CT molecular complexity index is 868. The van der Waals surface area contributed by atoms with E-state index >= 15 is 0 Å². The molecule has 0 amide bonds. The maximum atomic E-state index is 4.72. The summed E-state index contributed by atoms with van der Waals surface area (Å²) in [6.07, 6.45) is 3.69. The van der Waals surface area contributed by atoms with Crippen molar-refractivity contribution in [1.82, 2.24) is 4.98 Å². The topological polar surface area (TPSA) is 12.9 Å². The quantitative estimate of drug-likeness (QED) is 0.592. The zero-order valence-corrected chi connectivity index (χ0v) is 13.1. The van der Waals surface area contributed by atoms with E-state index < -0.39 is 0 Å². The molecule has 0 spiro atoms. The maximum absolute atomic E-state index is 4.72. The smallest absolute Gasteiger partial charge is 0.0715 e. The second-order valence-electron chi connectivity index (χ2n) is 5.48. The van der Waals surface area contributed by atoms with Gasteiger partial charge in [-0.2, -0.15) is 0 Å². The molecule has 0 N–H and O–H groups in total. The van der Waals surface area contributed by atoms with Crippen LogP contribution in [0, 0.1) is 13.8 Å². The Kier molecular flexibility index (Phi) is 3.64. The second-order valence-corrected chi connectivity index (χ2v) is 5.48. The van der Waals surface area contributed by atoms with E-state index in [9.17, 15) is 0 Å². The third-order valence-corrected chi connectivity index (χ3v) is 4.09. The highest BCUT2D eigenvalue weighted by Crippen LogP contribution is 2.37. The molecular formula is C21H19N. The molecule has 0 saturated heterocycles. The number of fused-ring (bicyclic) bond motifs is 1. The number of pyridine rings is 1. The van der Waals surface area contributed by atoms with Crippen molar-refractivity contribution in [2.24, 2.45) is 0 Å². The average Bonchev–Trinajstić information content (AvgIpc) is 2.53. The van der Waals surface area contributed by atoms with Crippen molar-refractivity contribution in [3.05, 3.63) is 78.0 Å². The monoisotopic (exact) mass is 285 g/mol. The minimum absolute atomic E-state index is 0.881. The van der Waals surface area contributed by atoms with Crippen LogP contribution in [0.15, 0.2) is 55.6 Å². The molecule has 1 nitrogen and oxygen atoms in total. The molecule has 22 heavy (non-hydrogen) atoms. The molecule has 3 aromatic rings. The van der Waals surface area contributed by atoms with Crippen LogP contribution in [-0.4, -0.2) is 4.98 Å². The van der Waals surface area contributed by atoms with Gasteiger partial charge in [0, 0.05) is 16.5 Å². The first-order chi connectivity index (χ1) is 10.7. The Balaban J connectivity index is 2.56. The van der Waals surface area contributed by atoms with Gasteiger partial charge in [0.2, 0.25) is 0 Å². The Morgan fingerprint density at radius 3 is 2.14 bits per heavy atom. The fraction of sp³-hybridized carbons (Fsp3) is 0.0952. The first-order valence-corrected chi connectivity index (χ1v) is 7.41. The minimum Gasteiger partial charge on any atom is -0.248 e. The van der Waals surface area contributed by atoms with Crippen molar-refractivity contribution >= 4 is 23.1 Å². The summed E-state index contributed by atoms with van der Waals surface area (Å²) >= 11 is 0. The molecule has 1 heterocycles. The Labute approximate surface area is 131 Å². The molecule has 0 aliphatic rings. The van der Waals surface area contributed by atoms with Gasteiger partial charge in [-0.15, -0.1) is 0 Å². The van der Waals surface area contributed by atoms with E-state index in [0.717, 1.165) is 22.2 Å². The summed E-state index contributed by atoms with van der Waals surface area (Å²) in [6.45, 7) is 12.2. The summed E-state index contributed by atoms with van der Waals surface area (Å²) < 4.78 is 0. The first kappa shape index (κ1) is 14.3. The largest absolute Gasteiger partial charge is 0.248 e. The summed E-state index contributed by atoms with van der Waals surface area (Å²) in [5.74, 6) is 0. The van der Waals surface area contributed by atoms with E-state index in [1.807, 2.05) is 18.2 Å². The molecule has 0 radical (unpaired) electrons. The van der Waals surface area contributed by atoms with Gasteiger partial charge in [-0.3, -0.25) is 0 Å². The van der Waals surface area contributed by atoms with Gasteiger partial charge in [0.15, 0.2) is 0 Å². The predicted molar refractivity (Wildman–Crippen MR) is 96.8 cm³/mol. The number of nitrogens with zero attached hydrogens (tertiary/aromatic N) is 1. The number of para-hydroxylation sites is 1. The number of aromatic nitrogens is 1. The Morgan fingerprint density at radius 2 is 1.50 bits per heavy atom. The zero-order valence-electron chi connectivity index (χ0n) is 13.1. The first-order valence-electron chi connectivity index (χ1n) is 7.41. The Morgan fingerprint density at radius 1 is 0.818 bits per heavy atom. The molecule has 1 aromatic heterocycles. The molecule has 0 unspecified atom stereocenters. The maximum Gasteiger partial charge on any atom is 0.0715 e. The SMILES string of the molecule is C=Cc1nc2ccccc2c(-c2c(C)cccc2C)c1C=C. The van der Waals surface area contributed by atoms with Crippen molar-refractivity contribution in [1.29, 1.82) is 0 Å². The average molecular weight is 285 g/mol. The van der Waals surface area contributed by atoms with E-state index in [2.05, 4.69) is 57.3 Å². The van der Waals surface area contributed by atoms with Gasteiger partial charge < -0.3 is 0 Å². The fourth-order valence-corrected chi connectivity index (χ4v) is 3.09. The summed E-state index contributed by atoms with van der Waals surface area (Å²) in [7, 11) is 0. The molecular weight excluding hydrogens is 266 g/mol. The van der Waals surface area contributed by atoms with Crippen LogP contribution in [-0.2, 0) is 0 Å². The van der Waals surface area contributed by atoms with E-state index in [4.69, 9.17) is 4.98 Å². The van der Waals surface area contributed by atoms with Crippen LogP contribution in [0.2, 0.25) is 0 Å². The number of aryl methyl sites for hydroxylation is 2. The molecule has 0 atom stereocenters. The van der Waals surface area contributed by atoms with Crippen LogP contribution in [0.1, 0.15) is 22.4 Å². The van der Waals surface area contributed by atoms with Crippen LogP contribution in [0.5, 0.6) is 0 Å². The van der Waals surface area contributed by atoms with Gasteiger partial charge in [-0.1, -0.05) is 55.6 Å². The fourth-order valence-electron chi connectivity index (χ4n) is 3.09. The highest BCUT2D eigenvalue weighted by Gasteiger charge is 2.16. The van der Waals surface area contributed by atoms with Crippen LogP contribution < -0.4 is 0 Å².